The maximum atomic E-state index is 12.2. The van der Waals surface area contributed by atoms with Gasteiger partial charge < -0.3 is 16.0 Å². The van der Waals surface area contributed by atoms with E-state index in [0.29, 0.717) is 18.5 Å². The SMILES string of the molecule is Cc1cc(Br)ccc1NC(=O)CNC(=O)CCC1Cc2ccccc2NC1=O. The van der Waals surface area contributed by atoms with E-state index in [0.717, 1.165) is 21.3 Å². The van der Waals surface area contributed by atoms with Crippen molar-refractivity contribution in [1.82, 2.24) is 5.32 Å². The molecule has 7 heteroatoms. The van der Waals surface area contributed by atoms with Crippen LogP contribution in [0.5, 0.6) is 0 Å². The molecule has 1 unspecified atom stereocenters. The molecule has 3 N–H and O–H groups in total. The van der Waals surface area contributed by atoms with Crippen molar-refractivity contribution in [2.45, 2.75) is 26.2 Å². The first-order valence-electron chi connectivity index (χ1n) is 9.14. The Balaban J connectivity index is 1.43. The van der Waals surface area contributed by atoms with Gasteiger partial charge in [-0.3, -0.25) is 14.4 Å². The second-order valence-corrected chi connectivity index (χ2v) is 7.79. The first-order chi connectivity index (χ1) is 13.4. The Morgan fingerprint density at radius 3 is 2.75 bits per heavy atom. The van der Waals surface area contributed by atoms with Gasteiger partial charge >= 0.3 is 0 Å². The molecule has 146 valence electrons. The van der Waals surface area contributed by atoms with Crippen LogP contribution in [0.25, 0.3) is 0 Å². The molecule has 0 aromatic heterocycles. The van der Waals surface area contributed by atoms with E-state index >= 15 is 0 Å². The highest BCUT2D eigenvalue weighted by Gasteiger charge is 2.26. The summed E-state index contributed by atoms with van der Waals surface area (Å²) in [7, 11) is 0. The molecule has 0 aliphatic carbocycles. The topological polar surface area (TPSA) is 87.3 Å². The molecule has 2 aromatic carbocycles. The zero-order valence-corrected chi connectivity index (χ0v) is 17.1. The molecule has 0 spiro atoms. The van der Waals surface area contributed by atoms with Crippen LogP contribution < -0.4 is 16.0 Å². The fraction of sp³-hybridized carbons (Fsp3) is 0.286. The second-order valence-electron chi connectivity index (χ2n) is 6.87. The molecule has 6 nitrogen and oxygen atoms in total. The molecule has 3 rings (SSSR count). The van der Waals surface area contributed by atoms with Gasteiger partial charge in [-0.1, -0.05) is 34.1 Å². The van der Waals surface area contributed by atoms with E-state index in [1.54, 1.807) is 6.07 Å². The Morgan fingerprint density at radius 2 is 1.96 bits per heavy atom. The van der Waals surface area contributed by atoms with Crippen molar-refractivity contribution in [3.63, 3.8) is 0 Å². The van der Waals surface area contributed by atoms with Gasteiger partial charge in [-0.05, 0) is 55.2 Å². The normalized spacial score (nSPS) is 15.4. The number of para-hydroxylation sites is 1. The Kier molecular flexibility index (Phi) is 6.46. The zero-order valence-electron chi connectivity index (χ0n) is 15.5. The van der Waals surface area contributed by atoms with Crippen LogP contribution in [0.3, 0.4) is 0 Å². The van der Waals surface area contributed by atoms with Crippen molar-refractivity contribution in [2.24, 2.45) is 5.92 Å². The number of nitrogens with one attached hydrogen (secondary N) is 3. The van der Waals surface area contributed by atoms with Crippen LogP contribution in [0.4, 0.5) is 11.4 Å². The van der Waals surface area contributed by atoms with Crippen LogP contribution in [-0.2, 0) is 20.8 Å². The number of anilines is 2. The molecule has 0 bridgehead atoms. The number of rotatable bonds is 6. The van der Waals surface area contributed by atoms with Gasteiger partial charge in [0.1, 0.15) is 0 Å². The smallest absolute Gasteiger partial charge is 0.243 e. The maximum Gasteiger partial charge on any atom is 0.243 e. The van der Waals surface area contributed by atoms with Crippen LogP contribution in [0.15, 0.2) is 46.9 Å². The molecule has 1 aliphatic heterocycles. The van der Waals surface area contributed by atoms with Crippen molar-refractivity contribution in [2.75, 3.05) is 17.2 Å². The minimum Gasteiger partial charge on any atom is -0.347 e. The maximum absolute atomic E-state index is 12.2. The number of benzene rings is 2. The van der Waals surface area contributed by atoms with Crippen molar-refractivity contribution in [1.29, 1.82) is 0 Å². The van der Waals surface area contributed by atoms with Crippen LogP contribution in [-0.4, -0.2) is 24.3 Å². The molecular formula is C21H22BrN3O3. The molecule has 1 atom stereocenters. The lowest BCUT2D eigenvalue weighted by Crippen LogP contribution is -2.34. The predicted molar refractivity (Wildman–Crippen MR) is 112 cm³/mol. The summed E-state index contributed by atoms with van der Waals surface area (Å²) in [6, 6.07) is 13.2. The van der Waals surface area contributed by atoms with Gasteiger partial charge in [-0.15, -0.1) is 0 Å². The summed E-state index contributed by atoms with van der Waals surface area (Å²) in [6.45, 7) is 1.79. The molecule has 0 saturated heterocycles. The number of fused-ring (bicyclic) bond motifs is 1. The van der Waals surface area contributed by atoms with Gasteiger partial charge in [-0.2, -0.15) is 0 Å². The number of carbonyl (C=O) groups excluding carboxylic acids is 3. The average molecular weight is 444 g/mol. The van der Waals surface area contributed by atoms with Crippen molar-refractivity contribution >= 4 is 45.0 Å². The zero-order chi connectivity index (χ0) is 20.1. The standard InChI is InChI=1S/C21H22BrN3O3/c1-13-10-16(22)7-8-17(13)24-20(27)12-23-19(26)9-6-15-11-14-4-2-3-5-18(14)25-21(15)28/h2-5,7-8,10,15H,6,9,11-12H2,1H3,(H,23,26)(H,24,27)(H,25,28). The number of halogens is 1. The molecular weight excluding hydrogens is 422 g/mol. The van der Waals surface area contributed by atoms with Crippen LogP contribution in [0, 0.1) is 12.8 Å². The average Bonchev–Trinajstić information content (AvgIpc) is 2.67. The minimum atomic E-state index is -0.289. The highest BCUT2D eigenvalue weighted by molar-refractivity contribution is 9.10. The van der Waals surface area contributed by atoms with Gasteiger partial charge in [0.2, 0.25) is 17.7 Å². The van der Waals surface area contributed by atoms with Gasteiger partial charge in [0.05, 0.1) is 6.54 Å². The van der Waals surface area contributed by atoms with Gasteiger partial charge in [0.15, 0.2) is 0 Å². The summed E-state index contributed by atoms with van der Waals surface area (Å²) in [5.41, 5.74) is 3.56. The lowest BCUT2D eigenvalue weighted by molar-refractivity contribution is -0.125. The summed E-state index contributed by atoms with van der Waals surface area (Å²) in [4.78, 5) is 36.3. The fourth-order valence-corrected chi connectivity index (χ4v) is 3.66. The summed E-state index contributed by atoms with van der Waals surface area (Å²) < 4.78 is 0.936. The highest BCUT2D eigenvalue weighted by atomic mass is 79.9. The Labute approximate surface area is 172 Å². The van der Waals surface area contributed by atoms with Gasteiger partial charge in [-0.25, -0.2) is 0 Å². The van der Waals surface area contributed by atoms with Crippen LogP contribution >= 0.6 is 15.9 Å². The van der Waals surface area contributed by atoms with Crippen LogP contribution in [0.2, 0.25) is 0 Å². The first-order valence-corrected chi connectivity index (χ1v) is 9.93. The molecule has 3 amide bonds. The molecule has 0 radical (unpaired) electrons. The Hall–Kier alpha value is -2.67. The lowest BCUT2D eigenvalue weighted by atomic mass is 9.89. The van der Waals surface area contributed by atoms with Gasteiger partial charge in [0.25, 0.3) is 0 Å². The Bertz CT molecular complexity index is 914. The molecule has 0 saturated carbocycles. The minimum absolute atomic E-state index is 0.0602. The quantitative estimate of drug-likeness (QED) is 0.638. The first kappa shape index (κ1) is 20.1. The summed E-state index contributed by atoms with van der Waals surface area (Å²) in [5, 5.41) is 8.28. The van der Waals surface area contributed by atoms with Crippen molar-refractivity contribution in [3.8, 4) is 0 Å². The third kappa shape index (κ3) is 5.19. The van der Waals surface area contributed by atoms with E-state index in [9.17, 15) is 14.4 Å². The van der Waals surface area contributed by atoms with Crippen molar-refractivity contribution in [3.05, 3.63) is 58.1 Å². The summed E-state index contributed by atoms with van der Waals surface area (Å²) in [5.74, 6) is -0.827. The summed E-state index contributed by atoms with van der Waals surface area (Å²) >= 11 is 3.38. The number of hydrogen-bond donors (Lipinski definition) is 3. The van der Waals surface area contributed by atoms with E-state index < -0.39 is 0 Å². The fourth-order valence-electron chi connectivity index (χ4n) is 3.18. The predicted octanol–water partition coefficient (Wildman–Crippen LogP) is 3.40. The lowest BCUT2D eigenvalue weighted by Gasteiger charge is -2.24. The van der Waals surface area contributed by atoms with E-state index in [-0.39, 0.29) is 36.6 Å². The van der Waals surface area contributed by atoms with E-state index in [4.69, 9.17) is 0 Å². The Morgan fingerprint density at radius 1 is 1.18 bits per heavy atom. The largest absolute Gasteiger partial charge is 0.347 e. The van der Waals surface area contributed by atoms with E-state index in [1.807, 2.05) is 43.3 Å². The van der Waals surface area contributed by atoms with Crippen LogP contribution in [0.1, 0.15) is 24.0 Å². The molecule has 2 aromatic rings. The monoisotopic (exact) mass is 443 g/mol. The molecule has 1 heterocycles. The highest BCUT2D eigenvalue weighted by Crippen LogP contribution is 2.27. The summed E-state index contributed by atoms with van der Waals surface area (Å²) in [6.07, 6.45) is 1.27. The molecule has 0 fully saturated rings. The van der Waals surface area contributed by atoms with Gasteiger partial charge in [0, 0.05) is 28.2 Å². The molecule has 1 aliphatic rings. The number of hydrogen-bond acceptors (Lipinski definition) is 3. The van der Waals surface area contributed by atoms with E-state index in [1.165, 1.54) is 0 Å². The number of aryl methyl sites for hydroxylation is 1. The molecule has 28 heavy (non-hydrogen) atoms. The third-order valence-corrected chi connectivity index (χ3v) is 5.23. The third-order valence-electron chi connectivity index (χ3n) is 4.74. The number of amides is 3. The van der Waals surface area contributed by atoms with E-state index in [2.05, 4.69) is 31.9 Å². The number of carbonyl (C=O) groups is 3. The second kappa shape index (κ2) is 9.01. The van der Waals surface area contributed by atoms with Crippen molar-refractivity contribution < 1.29 is 14.4 Å².